The van der Waals surface area contributed by atoms with Gasteiger partial charge in [-0.25, -0.2) is 9.48 Å². The van der Waals surface area contributed by atoms with E-state index >= 15 is 0 Å². The lowest BCUT2D eigenvalue weighted by molar-refractivity contribution is 0.692. The van der Waals surface area contributed by atoms with Gasteiger partial charge >= 0.3 is 5.69 Å². The number of nitrogens with zero attached hydrogens (tertiary/aromatic N) is 3. The van der Waals surface area contributed by atoms with Gasteiger partial charge in [-0.2, -0.15) is 0 Å². The van der Waals surface area contributed by atoms with Crippen molar-refractivity contribution in [3.63, 3.8) is 0 Å². The largest absolute Gasteiger partial charge is 0.346 e. The van der Waals surface area contributed by atoms with Gasteiger partial charge in [0, 0.05) is 12.6 Å². The zero-order chi connectivity index (χ0) is 13.9. The van der Waals surface area contributed by atoms with Gasteiger partial charge in [0.25, 0.3) is 0 Å². The van der Waals surface area contributed by atoms with E-state index in [0.29, 0.717) is 12.4 Å². The zero-order valence-electron chi connectivity index (χ0n) is 11.2. The van der Waals surface area contributed by atoms with Gasteiger partial charge in [-0.1, -0.05) is 60.7 Å². The molecule has 20 heavy (non-hydrogen) atoms. The molecule has 100 valence electrons. The van der Waals surface area contributed by atoms with E-state index in [-0.39, 0.29) is 5.69 Å². The highest BCUT2D eigenvalue weighted by atomic mass is 16.2. The predicted molar refractivity (Wildman–Crippen MR) is 78.4 cm³/mol. The van der Waals surface area contributed by atoms with Crippen LogP contribution in [0.4, 0.5) is 0 Å². The van der Waals surface area contributed by atoms with Gasteiger partial charge in [-0.05, 0) is 5.56 Å². The summed E-state index contributed by atoms with van der Waals surface area (Å²) >= 11 is 0. The SMILES string of the molecule is Cn1nc(-c2ccccc2)n(Cc2ccccc2)c1=O. The molecule has 4 nitrogen and oxygen atoms in total. The Kier molecular flexibility index (Phi) is 3.21. The molecular formula is C16H15N3O. The number of hydrogen-bond acceptors (Lipinski definition) is 2. The number of rotatable bonds is 3. The second kappa shape index (κ2) is 5.17. The Morgan fingerprint density at radius 2 is 1.55 bits per heavy atom. The van der Waals surface area contributed by atoms with Crippen LogP contribution in [0.25, 0.3) is 11.4 Å². The van der Waals surface area contributed by atoms with Crippen LogP contribution in [0.5, 0.6) is 0 Å². The smallest absolute Gasteiger partial charge is 0.270 e. The molecule has 1 heterocycles. The molecule has 0 radical (unpaired) electrons. The van der Waals surface area contributed by atoms with Crippen molar-refractivity contribution in [2.45, 2.75) is 6.54 Å². The molecule has 0 N–H and O–H groups in total. The summed E-state index contributed by atoms with van der Waals surface area (Å²) in [6.45, 7) is 0.526. The Morgan fingerprint density at radius 3 is 2.20 bits per heavy atom. The van der Waals surface area contributed by atoms with Gasteiger partial charge in [0.1, 0.15) is 0 Å². The summed E-state index contributed by atoms with van der Waals surface area (Å²) in [5, 5.41) is 4.34. The normalized spacial score (nSPS) is 10.7. The average molecular weight is 265 g/mol. The molecule has 0 atom stereocenters. The van der Waals surface area contributed by atoms with Gasteiger partial charge in [0.15, 0.2) is 5.82 Å². The minimum atomic E-state index is -0.104. The topological polar surface area (TPSA) is 39.8 Å². The maximum Gasteiger partial charge on any atom is 0.346 e. The molecule has 0 aliphatic heterocycles. The molecule has 0 fully saturated rings. The van der Waals surface area contributed by atoms with Crippen LogP contribution >= 0.6 is 0 Å². The van der Waals surface area contributed by atoms with Gasteiger partial charge < -0.3 is 0 Å². The van der Waals surface area contributed by atoms with Crippen LogP contribution in [0.1, 0.15) is 5.56 Å². The van der Waals surface area contributed by atoms with Crippen molar-refractivity contribution >= 4 is 0 Å². The summed E-state index contributed by atoms with van der Waals surface area (Å²) < 4.78 is 3.08. The van der Waals surface area contributed by atoms with E-state index in [0.717, 1.165) is 11.1 Å². The third-order valence-corrected chi connectivity index (χ3v) is 3.22. The zero-order valence-corrected chi connectivity index (χ0v) is 11.2. The number of aromatic nitrogens is 3. The second-order valence-corrected chi connectivity index (χ2v) is 4.67. The molecule has 3 aromatic rings. The molecule has 2 aromatic carbocycles. The van der Waals surface area contributed by atoms with E-state index in [1.165, 1.54) is 4.68 Å². The first kappa shape index (κ1) is 12.4. The summed E-state index contributed by atoms with van der Waals surface area (Å²) in [7, 11) is 1.68. The molecule has 1 aromatic heterocycles. The minimum Gasteiger partial charge on any atom is -0.270 e. The molecule has 4 heteroatoms. The molecule has 0 amide bonds. The van der Waals surface area contributed by atoms with Crippen molar-refractivity contribution in [3.05, 3.63) is 76.7 Å². The Labute approximate surface area is 116 Å². The number of aryl methyl sites for hydroxylation is 1. The molecule has 0 unspecified atom stereocenters. The maximum atomic E-state index is 12.2. The van der Waals surface area contributed by atoms with Crippen LogP contribution in [0.15, 0.2) is 65.5 Å². The Morgan fingerprint density at radius 1 is 0.950 bits per heavy atom. The van der Waals surface area contributed by atoms with Crippen molar-refractivity contribution in [2.75, 3.05) is 0 Å². The van der Waals surface area contributed by atoms with Crippen molar-refractivity contribution in [1.82, 2.24) is 14.3 Å². The first-order valence-corrected chi connectivity index (χ1v) is 6.49. The van der Waals surface area contributed by atoms with E-state index in [4.69, 9.17) is 0 Å². The Bertz CT molecular complexity index is 757. The van der Waals surface area contributed by atoms with Crippen LogP contribution in [0, 0.1) is 0 Å². The van der Waals surface area contributed by atoms with Gasteiger partial charge in [0.05, 0.1) is 6.54 Å². The quantitative estimate of drug-likeness (QED) is 0.729. The fourth-order valence-electron chi connectivity index (χ4n) is 2.21. The third-order valence-electron chi connectivity index (χ3n) is 3.22. The van der Waals surface area contributed by atoms with E-state index in [2.05, 4.69) is 5.10 Å². The lowest BCUT2D eigenvalue weighted by atomic mass is 10.2. The molecule has 0 aliphatic carbocycles. The van der Waals surface area contributed by atoms with E-state index < -0.39 is 0 Å². The minimum absolute atomic E-state index is 0.104. The first-order chi connectivity index (χ1) is 9.75. The van der Waals surface area contributed by atoms with Crippen molar-refractivity contribution in [2.24, 2.45) is 7.05 Å². The van der Waals surface area contributed by atoms with Crippen molar-refractivity contribution < 1.29 is 0 Å². The third kappa shape index (κ3) is 2.28. The maximum absolute atomic E-state index is 12.2. The monoisotopic (exact) mass is 265 g/mol. The number of benzene rings is 2. The standard InChI is InChI=1S/C16H15N3O/c1-18-16(20)19(12-13-8-4-2-5-9-13)15(17-18)14-10-6-3-7-11-14/h2-11H,12H2,1H3. The summed E-state index contributed by atoms with van der Waals surface area (Å²) in [6, 6.07) is 19.7. The van der Waals surface area contributed by atoms with Crippen LogP contribution in [-0.2, 0) is 13.6 Å². The lowest BCUT2D eigenvalue weighted by Gasteiger charge is -2.05. The fraction of sp³-hybridized carbons (Fsp3) is 0.125. The molecule has 0 saturated heterocycles. The van der Waals surface area contributed by atoms with Crippen LogP contribution in [0.3, 0.4) is 0 Å². The van der Waals surface area contributed by atoms with Crippen molar-refractivity contribution in [1.29, 1.82) is 0 Å². The highest BCUT2D eigenvalue weighted by molar-refractivity contribution is 5.54. The van der Waals surface area contributed by atoms with Gasteiger partial charge in [-0.3, -0.25) is 4.57 Å². The summed E-state index contributed by atoms with van der Waals surface area (Å²) in [4.78, 5) is 12.2. The van der Waals surface area contributed by atoms with E-state index in [9.17, 15) is 4.79 Å². The molecule has 0 aliphatic rings. The summed E-state index contributed by atoms with van der Waals surface area (Å²) in [6.07, 6.45) is 0. The highest BCUT2D eigenvalue weighted by Gasteiger charge is 2.12. The van der Waals surface area contributed by atoms with Crippen LogP contribution in [0.2, 0.25) is 0 Å². The predicted octanol–water partition coefficient (Wildman–Crippen LogP) is 2.30. The fourth-order valence-corrected chi connectivity index (χ4v) is 2.21. The molecule has 0 bridgehead atoms. The Balaban J connectivity index is 2.09. The van der Waals surface area contributed by atoms with E-state index in [1.54, 1.807) is 11.6 Å². The van der Waals surface area contributed by atoms with Crippen LogP contribution < -0.4 is 5.69 Å². The Hall–Kier alpha value is -2.62. The average Bonchev–Trinajstić information content (AvgIpc) is 2.78. The van der Waals surface area contributed by atoms with Gasteiger partial charge in [0.2, 0.25) is 0 Å². The molecule has 3 rings (SSSR count). The van der Waals surface area contributed by atoms with Crippen LogP contribution in [-0.4, -0.2) is 14.3 Å². The van der Waals surface area contributed by atoms with Crippen molar-refractivity contribution in [3.8, 4) is 11.4 Å². The lowest BCUT2D eigenvalue weighted by Crippen LogP contribution is -2.23. The molecular weight excluding hydrogens is 250 g/mol. The molecule has 0 spiro atoms. The molecule has 0 saturated carbocycles. The summed E-state index contributed by atoms with van der Waals surface area (Å²) in [5.41, 5.74) is 1.92. The first-order valence-electron chi connectivity index (χ1n) is 6.49. The van der Waals surface area contributed by atoms with E-state index in [1.807, 2.05) is 60.7 Å². The summed E-state index contributed by atoms with van der Waals surface area (Å²) in [5.74, 6) is 0.696. The second-order valence-electron chi connectivity index (χ2n) is 4.67. The number of hydrogen-bond donors (Lipinski definition) is 0. The van der Waals surface area contributed by atoms with Gasteiger partial charge in [-0.15, -0.1) is 5.10 Å². The highest BCUT2D eigenvalue weighted by Crippen LogP contribution is 2.15.